The number of hydrogen-bond acceptors (Lipinski definition) is 2. The summed E-state index contributed by atoms with van der Waals surface area (Å²) in [6, 6.07) is 65.7. The summed E-state index contributed by atoms with van der Waals surface area (Å²) >= 11 is 0. The first kappa shape index (κ1) is 29.4. The van der Waals surface area contributed by atoms with Gasteiger partial charge in [-0.25, -0.2) is 0 Å². The Morgan fingerprint density at radius 1 is 0.278 bits per heavy atom. The minimum absolute atomic E-state index is 0.904. The molecule has 10 aromatic carbocycles. The molecule has 0 radical (unpaired) electrons. The zero-order valence-electron chi connectivity index (χ0n) is 29.1. The average Bonchev–Trinajstić information content (AvgIpc) is 3.80. The predicted molar refractivity (Wildman–Crippen MR) is 227 cm³/mol. The lowest BCUT2D eigenvalue weighted by atomic mass is 9.85. The third-order valence-corrected chi connectivity index (χ3v) is 11.4. The Morgan fingerprint density at radius 3 is 1.67 bits per heavy atom. The van der Waals surface area contributed by atoms with Crippen LogP contribution in [0.3, 0.4) is 0 Å². The van der Waals surface area contributed by atoms with Gasteiger partial charge in [0.2, 0.25) is 0 Å². The van der Waals surface area contributed by atoms with E-state index in [0.29, 0.717) is 0 Å². The van der Waals surface area contributed by atoms with Gasteiger partial charge in [0.05, 0.1) is 0 Å². The van der Waals surface area contributed by atoms with E-state index in [9.17, 15) is 0 Å². The predicted octanol–water partition coefficient (Wildman–Crippen LogP) is 15.1. The van der Waals surface area contributed by atoms with E-state index in [0.717, 1.165) is 49.3 Å². The first-order chi connectivity index (χ1) is 26.8. The van der Waals surface area contributed by atoms with Crippen molar-refractivity contribution in [2.75, 3.05) is 0 Å². The molecule has 12 rings (SSSR count). The van der Waals surface area contributed by atoms with Gasteiger partial charge in [-0.2, -0.15) is 0 Å². The zero-order chi connectivity index (χ0) is 35.3. The van der Waals surface area contributed by atoms with Crippen molar-refractivity contribution >= 4 is 87.0 Å². The molecule has 2 heteroatoms. The molecule has 0 aliphatic carbocycles. The highest BCUT2D eigenvalue weighted by molar-refractivity contribution is 6.23. The van der Waals surface area contributed by atoms with Gasteiger partial charge in [-0.1, -0.05) is 140 Å². The van der Waals surface area contributed by atoms with Crippen LogP contribution in [-0.4, -0.2) is 0 Å². The van der Waals surface area contributed by atoms with Crippen molar-refractivity contribution in [3.05, 3.63) is 182 Å². The van der Waals surface area contributed by atoms with Gasteiger partial charge in [0, 0.05) is 26.9 Å². The van der Waals surface area contributed by atoms with Gasteiger partial charge < -0.3 is 8.83 Å². The second-order valence-corrected chi connectivity index (χ2v) is 14.4. The molecule has 2 heterocycles. The molecule has 0 fully saturated rings. The lowest BCUT2D eigenvalue weighted by Crippen LogP contribution is -1.91. The summed E-state index contributed by atoms with van der Waals surface area (Å²) in [6.07, 6.45) is 0. The van der Waals surface area contributed by atoms with Crippen molar-refractivity contribution in [1.82, 2.24) is 0 Å². The highest BCUT2D eigenvalue weighted by Gasteiger charge is 2.19. The monoisotopic (exact) mass is 686 g/mol. The van der Waals surface area contributed by atoms with Gasteiger partial charge in [-0.15, -0.1) is 0 Å². The van der Waals surface area contributed by atoms with Crippen molar-refractivity contribution in [3.8, 4) is 33.4 Å². The van der Waals surface area contributed by atoms with Gasteiger partial charge >= 0.3 is 0 Å². The number of benzene rings is 10. The van der Waals surface area contributed by atoms with Gasteiger partial charge in [-0.3, -0.25) is 0 Å². The molecule has 2 nitrogen and oxygen atoms in total. The van der Waals surface area contributed by atoms with E-state index in [2.05, 4.69) is 170 Å². The van der Waals surface area contributed by atoms with E-state index in [1.54, 1.807) is 0 Å². The molecule has 0 amide bonds. The molecule has 0 atom stereocenters. The Kier molecular flexibility index (Phi) is 6.09. The minimum Gasteiger partial charge on any atom is -0.456 e. The largest absolute Gasteiger partial charge is 0.456 e. The number of para-hydroxylation sites is 1. The number of hydrogen-bond donors (Lipinski definition) is 0. The first-order valence-corrected chi connectivity index (χ1v) is 18.5. The van der Waals surface area contributed by atoms with Crippen LogP contribution in [0.1, 0.15) is 0 Å². The molecular formula is C52H30O2. The number of rotatable bonds is 3. The van der Waals surface area contributed by atoms with Crippen molar-refractivity contribution in [2.24, 2.45) is 0 Å². The summed E-state index contributed by atoms with van der Waals surface area (Å²) < 4.78 is 12.8. The molecule has 0 aliphatic heterocycles. The fourth-order valence-corrected chi connectivity index (χ4v) is 9.01. The summed E-state index contributed by atoms with van der Waals surface area (Å²) in [5.74, 6) is 0. The van der Waals surface area contributed by atoms with Crippen LogP contribution in [-0.2, 0) is 0 Å². The normalized spacial score (nSPS) is 12.1. The summed E-state index contributed by atoms with van der Waals surface area (Å²) in [7, 11) is 0. The molecule has 0 N–H and O–H groups in total. The van der Waals surface area contributed by atoms with Crippen LogP contribution < -0.4 is 0 Å². The molecule has 12 aromatic rings. The topological polar surface area (TPSA) is 26.3 Å². The first-order valence-electron chi connectivity index (χ1n) is 18.5. The van der Waals surface area contributed by atoms with Crippen molar-refractivity contribution in [3.63, 3.8) is 0 Å². The van der Waals surface area contributed by atoms with E-state index < -0.39 is 0 Å². The van der Waals surface area contributed by atoms with Crippen LogP contribution in [0.15, 0.2) is 191 Å². The summed E-state index contributed by atoms with van der Waals surface area (Å²) in [5.41, 5.74) is 10.9. The number of furan rings is 2. The van der Waals surface area contributed by atoms with E-state index >= 15 is 0 Å². The van der Waals surface area contributed by atoms with Crippen molar-refractivity contribution < 1.29 is 8.83 Å². The third-order valence-electron chi connectivity index (χ3n) is 11.4. The summed E-state index contributed by atoms with van der Waals surface area (Å²) in [6.45, 7) is 0. The molecule has 0 saturated carbocycles. The maximum absolute atomic E-state index is 6.57. The van der Waals surface area contributed by atoms with Gasteiger partial charge in [0.15, 0.2) is 0 Å². The Bertz CT molecular complexity index is 3450. The highest BCUT2D eigenvalue weighted by atomic mass is 16.3. The maximum atomic E-state index is 6.57. The van der Waals surface area contributed by atoms with E-state index in [1.165, 1.54) is 71.1 Å². The van der Waals surface area contributed by atoms with E-state index in [4.69, 9.17) is 8.83 Å². The Labute approximate surface area is 310 Å². The van der Waals surface area contributed by atoms with Gasteiger partial charge in [-0.05, 0) is 114 Å². The quantitative estimate of drug-likeness (QED) is 0.173. The zero-order valence-corrected chi connectivity index (χ0v) is 29.1. The molecule has 2 aromatic heterocycles. The maximum Gasteiger partial charge on any atom is 0.143 e. The molecular weight excluding hydrogens is 657 g/mol. The molecule has 250 valence electrons. The van der Waals surface area contributed by atoms with E-state index in [1.807, 2.05) is 12.1 Å². The minimum atomic E-state index is 0.904. The van der Waals surface area contributed by atoms with Crippen LogP contribution in [0.4, 0.5) is 0 Å². The molecule has 0 spiro atoms. The van der Waals surface area contributed by atoms with Crippen molar-refractivity contribution in [2.45, 2.75) is 0 Å². The molecule has 0 aliphatic rings. The molecule has 0 bridgehead atoms. The molecule has 54 heavy (non-hydrogen) atoms. The molecule has 0 saturated heterocycles. The lowest BCUT2D eigenvalue weighted by molar-refractivity contribution is 0.669. The fourth-order valence-electron chi connectivity index (χ4n) is 9.01. The average molecular weight is 687 g/mol. The second kappa shape index (κ2) is 11.2. The van der Waals surface area contributed by atoms with Crippen molar-refractivity contribution in [1.29, 1.82) is 0 Å². The van der Waals surface area contributed by atoms with E-state index in [-0.39, 0.29) is 0 Å². The SMILES string of the molecule is c1cc(-c2c3ccccc3c(-c3ccc4cc5oc6ccccc6c5cc4c3)c3ccccc23)cc(-c2cccc3oc4c5ccccc5ccc4c23)c1. The summed E-state index contributed by atoms with van der Waals surface area (Å²) in [5, 5.41) is 14.2. The van der Waals surface area contributed by atoms with Crippen LogP contribution in [0.5, 0.6) is 0 Å². The van der Waals surface area contributed by atoms with Gasteiger partial charge in [0.25, 0.3) is 0 Å². The Morgan fingerprint density at radius 2 is 0.889 bits per heavy atom. The lowest BCUT2D eigenvalue weighted by Gasteiger charge is -2.18. The fraction of sp³-hybridized carbons (Fsp3) is 0. The van der Waals surface area contributed by atoms with Crippen LogP contribution >= 0.6 is 0 Å². The second-order valence-electron chi connectivity index (χ2n) is 14.4. The van der Waals surface area contributed by atoms with Crippen LogP contribution in [0.25, 0.3) is 120 Å². The molecule has 0 unspecified atom stereocenters. The standard InChI is InChI=1S/C52H30O2/c1-2-14-38-31(11-1)25-26-44-51-37(20-10-22-47(51)54-52(38)44)33-12-9-13-34(27-33)49-40-16-3-5-18-42(40)50(43-19-6-4-17-41(43)49)35-24-23-32-30-48-45(29-36(32)28-35)39-15-7-8-21-46(39)53-48/h1-30H. The third kappa shape index (κ3) is 4.22. The van der Waals surface area contributed by atoms with Crippen LogP contribution in [0.2, 0.25) is 0 Å². The smallest absolute Gasteiger partial charge is 0.143 e. The highest BCUT2D eigenvalue weighted by Crippen LogP contribution is 2.46. The number of fused-ring (bicyclic) bond motifs is 11. The summed E-state index contributed by atoms with van der Waals surface area (Å²) in [4.78, 5) is 0. The Hall–Kier alpha value is -7.16. The van der Waals surface area contributed by atoms with Gasteiger partial charge in [0.1, 0.15) is 22.3 Å². The van der Waals surface area contributed by atoms with Crippen LogP contribution in [0, 0.1) is 0 Å². The Balaban J connectivity index is 1.07.